The molecular weight excluding hydrogens is 448 g/mol. The van der Waals surface area contributed by atoms with E-state index >= 15 is 0 Å². The van der Waals surface area contributed by atoms with Crippen molar-refractivity contribution >= 4 is 43.1 Å². The highest BCUT2D eigenvalue weighted by atomic mass is 35.5. The quantitative estimate of drug-likeness (QED) is 0.672. The van der Waals surface area contributed by atoms with Gasteiger partial charge in [-0.1, -0.05) is 17.7 Å². The highest BCUT2D eigenvalue weighted by Crippen LogP contribution is 2.29. The molecule has 3 rings (SSSR count). The number of benzene rings is 2. The molecule has 1 unspecified atom stereocenters. The van der Waals surface area contributed by atoms with Gasteiger partial charge < -0.3 is 4.90 Å². The van der Waals surface area contributed by atoms with Crippen LogP contribution in [0.1, 0.15) is 15.9 Å². The number of anilines is 1. The van der Waals surface area contributed by atoms with Crippen LogP contribution in [0, 0.1) is 6.92 Å². The summed E-state index contributed by atoms with van der Waals surface area (Å²) in [5, 5.41) is 1.54. The zero-order chi connectivity index (χ0) is 22.3. The second-order valence-corrected chi connectivity index (χ2v) is 11.6. The number of hydrogen-bond acceptors (Lipinski definition) is 5. The van der Waals surface area contributed by atoms with Crippen molar-refractivity contribution < 1.29 is 21.6 Å². The van der Waals surface area contributed by atoms with Crippen molar-refractivity contribution in [1.82, 2.24) is 4.31 Å². The number of rotatable bonds is 5. The number of sulfone groups is 1. The van der Waals surface area contributed by atoms with Gasteiger partial charge in [0.15, 0.2) is 9.84 Å². The first-order valence-corrected chi connectivity index (χ1v) is 12.5. The van der Waals surface area contributed by atoms with E-state index in [9.17, 15) is 21.6 Å². The third-order valence-corrected chi connectivity index (χ3v) is 8.39. The van der Waals surface area contributed by atoms with E-state index in [2.05, 4.69) is 0 Å². The fraction of sp³-hybridized carbons (Fsp3) is 0.250. The Hall–Kier alpha value is -2.20. The summed E-state index contributed by atoms with van der Waals surface area (Å²) in [5.41, 5.74) is 1.50. The van der Waals surface area contributed by atoms with E-state index in [1.165, 1.54) is 49.3 Å². The van der Waals surface area contributed by atoms with Crippen LogP contribution in [0.3, 0.4) is 0 Å². The van der Waals surface area contributed by atoms with Crippen molar-refractivity contribution in [3.05, 3.63) is 70.1 Å². The van der Waals surface area contributed by atoms with Gasteiger partial charge in [-0.15, -0.1) is 0 Å². The summed E-state index contributed by atoms with van der Waals surface area (Å²) in [5.74, 6) is -0.701. The number of aryl methyl sites for hydroxylation is 1. The van der Waals surface area contributed by atoms with Crippen molar-refractivity contribution in [2.45, 2.75) is 17.9 Å². The molecule has 1 aliphatic heterocycles. The highest BCUT2D eigenvalue weighted by Gasteiger charge is 2.32. The fourth-order valence-electron chi connectivity index (χ4n) is 3.03. The summed E-state index contributed by atoms with van der Waals surface area (Å²) in [6.07, 6.45) is 1.46. The smallest absolute Gasteiger partial charge is 0.258 e. The lowest BCUT2D eigenvalue weighted by Crippen LogP contribution is -2.41. The molecule has 1 atom stereocenters. The molecule has 1 heterocycles. The van der Waals surface area contributed by atoms with E-state index in [4.69, 9.17) is 11.6 Å². The molecule has 2 aromatic carbocycles. The van der Waals surface area contributed by atoms with Crippen molar-refractivity contribution in [2.24, 2.45) is 0 Å². The molecule has 10 heteroatoms. The van der Waals surface area contributed by atoms with Crippen molar-refractivity contribution in [3.63, 3.8) is 0 Å². The van der Waals surface area contributed by atoms with Crippen LogP contribution in [0.4, 0.5) is 5.69 Å². The second kappa shape index (κ2) is 8.14. The summed E-state index contributed by atoms with van der Waals surface area (Å²) in [6, 6.07) is 9.88. The molecule has 0 fully saturated rings. The monoisotopic (exact) mass is 468 g/mol. The molecule has 30 heavy (non-hydrogen) atoms. The average molecular weight is 469 g/mol. The first-order chi connectivity index (χ1) is 13.9. The van der Waals surface area contributed by atoms with Crippen molar-refractivity contribution in [2.75, 3.05) is 24.7 Å². The number of halogens is 1. The zero-order valence-electron chi connectivity index (χ0n) is 16.6. The van der Waals surface area contributed by atoms with Crippen LogP contribution >= 0.6 is 11.6 Å². The molecule has 7 nitrogen and oxygen atoms in total. The van der Waals surface area contributed by atoms with Gasteiger partial charge in [-0.05, 0) is 55.0 Å². The van der Waals surface area contributed by atoms with Gasteiger partial charge in [0.1, 0.15) is 0 Å². The highest BCUT2D eigenvalue weighted by molar-refractivity contribution is 7.94. The van der Waals surface area contributed by atoms with Gasteiger partial charge in [0.05, 0.1) is 16.7 Å². The van der Waals surface area contributed by atoms with Gasteiger partial charge in [0, 0.05) is 35.8 Å². The van der Waals surface area contributed by atoms with Crippen molar-refractivity contribution in [3.8, 4) is 0 Å². The molecule has 0 saturated carbocycles. The predicted molar refractivity (Wildman–Crippen MR) is 117 cm³/mol. The first-order valence-electron chi connectivity index (χ1n) is 8.96. The van der Waals surface area contributed by atoms with Gasteiger partial charge in [0.25, 0.3) is 5.91 Å². The summed E-state index contributed by atoms with van der Waals surface area (Å²) < 4.78 is 49.5. The molecule has 160 valence electrons. The summed E-state index contributed by atoms with van der Waals surface area (Å²) in [7, 11) is -4.20. The molecule has 0 bridgehead atoms. The number of carbonyl (C=O) groups excluding carboxylic acids is 1. The Morgan fingerprint density at radius 3 is 2.23 bits per heavy atom. The number of sulfonamides is 1. The van der Waals surface area contributed by atoms with E-state index in [1.807, 2.05) is 6.92 Å². The molecule has 0 radical (unpaired) electrons. The summed E-state index contributed by atoms with van der Waals surface area (Å²) in [6.45, 7) is 1.82. The van der Waals surface area contributed by atoms with E-state index in [0.29, 0.717) is 10.7 Å². The van der Waals surface area contributed by atoms with Crippen LogP contribution in [-0.2, 0) is 19.9 Å². The Bertz CT molecular complexity index is 1220. The molecule has 0 spiro atoms. The normalized spacial score (nSPS) is 18.0. The number of nitrogens with zero attached hydrogens (tertiary/aromatic N) is 2. The second-order valence-electron chi connectivity index (χ2n) is 7.15. The fourth-order valence-corrected chi connectivity index (χ4v) is 5.38. The van der Waals surface area contributed by atoms with Gasteiger partial charge >= 0.3 is 0 Å². The Kier molecular flexibility index (Phi) is 6.10. The Morgan fingerprint density at radius 1 is 1.10 bits per heavy atom. The standard InChI is InChI=1S/C20H21ClN2O5S2/c1-14-4-7-16(12-19(14)21)23(17-10-11-29(25,26)13-17)20(24)15-5-8-18(9-6-15)30(27,28)22(2)3/h4-12,17H,13H2,1-3H3. The third kappa shape index (κ3) is 4.44. The lowest BCUT2D eigenvalue weighted by molar-refractivity contribution is 0.0983. The maximum Gasteiger partial charge on any atom is 0.258 e. The average Bonchev–Trinajstić information content (AvgIpc) is 3.04. The molecule has 1 aliphatic rings. The van der Waals surface area contributed by atoms with Crippen LogP contribution < -0.4 is 4.90 Å². The molecule has 0 aliphatic carbocycles. The van der Waals surface area contributed by atoms with Crippen LogP contribution in [0.5, 0.6) is 0 Å². The first kappa shape index (κ1) is 22.5. The van der Waals surface area contributed by atoms with Crippen LogP contribution in [0.25, 0.3) is 0 Å². The van der Waals surface area contributed by atoms with Gasteiger partial charge in [0.2, 0.25) is 10.0 Å². The molecule has 2 aromatic rings. The van der Waals surface area contributed by atoms with Crippen LogP contribution in [0.15, 0.2) is 58.8 Å². The number of amides is 1. The number of carbonyl (C=O) groups is 1. The largest absolute Gasteiger partial charge is 0.300 e. The molecule has 0 saturated heterocycles. The van der Waals surface area contributed by atoms with Crippen LogP contribution in [-0.4, -0.2) is 52.9 Å². The van der Waals surface area contributed by atoms with Crippen LogP contribution in [0.2, 0.25) is 5.02 Å². The van der Waals surface area contributed by atoms with E-state index in [-0.39, 0.29) is 16.2 Å². The SMILES string of the molecule is Cc1ccc(N(C(=O)c2ccc(S(=O)(=O)N(C)C)cc2)C2C=CS(=O)(=O)C2)cc1Cl. The topological polar surface area (TPSA) is 91.8 Å². The minimum atomic E-state index is -3.63. The molecule has 0 aromatic heterocycles. The number of hydrogen-bond donors (Lipinski definition) is 0. The maximum atomic E-state index is 13.3. The Labute approximate surface area is 181 Å². The maximum absolute atomic E-state index is 13.3. The van der Waals surface area contributed by atoms with E-state index in [0.717, 1.165) is 15.3 Å². The lowest BCUT2D eigenvalue weighted by Gasteiger charge is -2.28. The van der Waals surface area contributed by atoms with E-state index < -0.39 is 31.8 Å². The summed E-state index contributed by atoms with van der Waals surface area (Å²) in [4.78, 5) is 14.7. The molecule has 0 N–H and O–H groups in total. The van der Waals surface area contributed by atoms with Gasteiger partial charge in [-0.25, -0.2) is 21.1 Å². The Morgan fingerprint density at radius 2 is 1.73 bits per heavy atom. The minimum absolute atomic E-state index is 0.0531. The van der Waals surface area contributed by atoms with E-state index in [1.54, 1.807) is 18.2 Å². The lowest BCUT2D eigenvalue weighted by atomic mass is 10.1. The minimum Gasteiger partial charge on any atom is -0.300 e. The van der Waals surface area contributed by atoms with Gasteiger partial charge in [-0.3, -0.25) is 4.79 Å². The van der Waals surface area contributed by atoms with Gasteiger partial charge in [-0.2, -0.15) is 0 Å². The third-order valence-electron chi connectivity index (χ3n) is 4.77. The predicted octanol–water partition coefficient (Wildman–Crippen LogP) is 2.86. The molecule has 1 amide bonds. The van der Waals surface area contributed by atoms with Crippen molar-refractivity contribution in [1.29, 1.82) is 0 Å². The Balaban J connectivity index is 2.02. The summed E-state index contributed by atoms with van der Waals surface area (Å²) >= 11 is 6.23. The molecular formula is C20H21ClN2O5S2. The zero-order valence-corrected chi connectivity index (χ0v) is 19.0.